The van der Waals surface area contributed by atoms with Crippen LogP contribution in [-0.4, -0.2) is 16.3 Å². The number of hydrogen-bond donors (Lipinski definition) is 1. The van der Waals surface area contributed by atoms with Crippen molar-refractivity contribution in [3.63, 3.8) is 0 Å². The summed E-state index contributed by atoms with van der Waals surface area (Å²) in [5.74, 6) is 1.01. The molecule has 1 saturated carbocycles. The summed E-state index contributed by atoms with van der Waals surface area (Å²) >= 11 is 0. The van der Waals surface area contributed by atoms with Gasteiger partial charge in [-0.2, -0.15) is 5.10 Å². The molecule has 0 aliphatic heterocycles. The average molecular weight is 221 g/mol. The molecule has 0 radical (unpaired) electrons. The van der Waals surface area contributed by atoms with E-state index in [4.69, 9.17) is 0 Å². The molecule has 0 amide bonds. The predicted molar refractivity (Wildman–Crippen MR) is 66.3 cm³/mol. The quantitative estimate of drug-likeness (QED) is 0.747. The number of nitrogens with zero attached hydrogens (tertiary/aromatic N) is 2. The average Bonchev–Trinajstić information content (AvgIpc) is 2.56. The molecule has 1 N–H and O–H groups in total. The minimum atomic E-state index is 0.976. The van der Waals surface area contributed by atoms with Crippen LogP contribution >= 0.6 is 0 Å². The summed E-state index contributed by atoms with van der Waals surface area (Å²) in [4.78, 5) is 0. The molecule has 1 aliphatic carbocycles. The highest BCUT2D eigenvalue weighted by atomic mass is 15.3. The lowest BCUT2D eigenvalue weighted by Gasteiger charge is -2.25. The number of rotatable bonds is 6. The summed E-state index contributed by atoms with van der Waals surface area (Å²) in [6.07, 6.45) is 8.87. The number of nitrogens with one attached hydrogen (secondary N) is 1. The molecule has 0 bridgehead atoms. The van der Waals surface area contributed by atoms with Gasteiger partial charge in [0.15, 0.2) is 0 Å². The SMILES string of the molecule is CCc1nn(C)cc1CNCCC1CCC1. The van der Waals surface area contributed by atoms with E-state index in [9.17, 15) is 0 Å². The molecule has 0 aromatic carbocycles. The second-order valence-corrected chi connectivity index (χ2v) is 4.89. The first kappa shape index (κ1) is 11.6. The molecule has 1 aromatic heterocycles. The maximum absolute atomic E-state index is 4.45. The summed E-state index contributed by atoms with van der Waals surface area (Å²) < 4.78 is 1.92. The van der Waals surface area contributed by atoms with Gasteiger partial charge in [-0.25, -0.2) is 0 Å². The van der Waals surface area contributed by atoms with Gasteiger partial charge in [0, 0.05) is 25.4 Å². The molecule has 1 aliphatic rings. The van der Waals surface area contributed by atoms with Crippen LogP contribution in [0.4, 0.5) is 0 Å². The molecule has 0 unspecified atom stereocenters. The van der Waals surface area contributed by atoms with Gasteiger partial charge in [0.25, 0.3) is 0 Å². The monoisotopic (exact) mass is 221 g/mol. The third-order valence-electron chi connectivity index (χ3n) is 3.60. The van der Waals surface area contributed by atoms with Crippen LogP contribution < -0.4 is 5.32 Å². The van der Waals surface area contributed by atoms with Crippen LogP contribution in [0.25, 0.3) is 0 Å². The Bertz CT molecular complexity index is 326. The number of aryl methyl sites for hydroxylation is 2. The normalized spacial score (nSPS) is 16.4. The molecule has 90 valence electrons. The van der Waals surface area contributed by atoms with E-state index >= 15 is 0 Å². The Morgan fingerprint density at radius 1 is 1.50 bits per heavy atom. The van der Waals surface area contributed by atoms with Crippen LogP contribution in [-0.2, 0) is 20.0 Å². The van der Waals surface area contributed by atoms with Crippen molar-refractivity contribution in [2.45, 2.75) is 45.6 Å². The Morgan fingerprint density at radius 2 is 2.31 bits per heavy atom. The van der Waals surface area contributed by atoms with Crippen molar-refractivity contribution in [3.8, 4) is 0 Å². The zero-order valence-corrected chi connectivity index (χ0v) is 10.5. The molecular formula is C13H23N3. The summed E-state index contributed by atoms with van der Waals surface area (Å²) in [5.41, 5.74) is 2.59. The Balaban J connectivity index is 1.71. The van der Waals surface area contributed by atoms with Crippen LogP contribution in [0.1, 0.15) is 43.9 Å². The minimum Gasteiger partial charge on any atom is -0.313 e. The van der Waals surface area contributed by atoms with Crippen LogP contribution in [0.15, 0.2) is 6.20 Å². The molecule has 1 fully saturated rings. The summed E-state index contributed by atoms with van der Waals surface area (Å²) in [7, 11) is 2.00. The third-order valence-corrected chi connectivity index (χ3v) is 3.60. The van der Waals surface area contributed by atoms with Crippen LogP contribution in [0, 0.1) is 5.92 Å². The van der Waals surface area contributed by atoms with Crippen LogP contribution in [0.5, 0.6) is 0 Å². The highest BCUT2D eigenvalue weighted by Crippen LogP contribution is 2.28. The van der Waals surface area contributed by atoms with E-state index in [1.165, 1.54) is 36.9 Å². The number of aromatic nitrogens is 2. The largest absolute Gasteiger partial charge is 0.313 e. The second kappa shape index (κ2) is 5.48. The predicted octanol–water partition coefficient (Wildman–Crippen LogP) is 2.26. The molecule has 0 atom stereocenters. The van der Waals surface area contributed by atoms with Gasteiger partial charge in [0.2, 0.25) is 0 Å². The molecule has 1 heterocycles. The third kappa shape index (κ3) is 2.85. The minimum absolute atomic E-state index is 0.976. The first-order chi connectivity index (χ1) is 7.79. The van der Waals surface area contributed by atoms with E-state index < -0.39 is 0 Å². The maximum atomic E-state index is 4.45. The molecule has 16 heavy (non-hydrogen) atoms. The van der Waals surface area contributed by atoms with Crippen molar-refractivity contribution in [2.75, 3.05) is 6.54 Å². The van der Waals surface area contributed by atoms with Gasteiger partial charge in [-0.3, -0.25) is 4.68 Å². The molecule has 3 nitrogen and oxygen atoms in total. The van der Waals surface area contributed by atoms with Gasteiger partial charge in [0.1, 0.15) is 0 Å². The van der Waals surface area contributed by atoms with E-state index in [-0.39, 0.29) is 0 Å². The lowest BCUT2D eigenvalue weighted by atomic mass is 9.83. The zero-order chi connectivity index (χ0) is 11.4. The van der Waals surface area contributed by atoms with E-state index in [0.29, 0.717) is 0 Å². The molecule has 0 spiro atoms. The Kier molecular flexibility index (Phi) is 3.99. The lowest BCUT2D eigenvalue weighted by molar-refractivity contribution is 0.292. The van der Waals surface area contributed by atoms with Crippen molar-refractivity contribution < 1.29 is 0 Å². The second-order valence-electron chi connectivity index (χ2n) is 4.89. The van der Waals surface area contributed by atoms with Gasteiger partial charge in [0.05, 0.1) is 5.69 Å². The Morgan fingerprint density at radius 3 is 2.94 bits per heavy atom. The van der Waals surface area contributed by atoms with Gasteiger partial charge in [-0.1, -0.05) is 26.2 Å². The number of hydrogen-bond acceptors (Lipinski definition) is 2. The fourth-order valence-corrected chi connectivity index (χ4v) is 2.34. The van der Waals surface area contributed by atoms with Crippen molar-refractivity contribution in [1.29, 1.82) is 0 Å². The highest BCUT2D eigenvalue weighted by molar-refractivity contribution is 5.16. The fourth-order valence-electron chi connectivity index (χ4n) is 2.34. The highest BCUT2D eigenvalue weighted by Gasteiger charge is 2.16. The van der Waals surface area contributed by atoms with Crippen molar-refractivity contribution >= 4 is 0 Å². The van der Waals surface area contributed by atoms with Gasteiger partial charge >= 0.3 is 0 Å². The summed E-state index contributed by atoms with van der Waals surface area (Å²) in [5, 5.41) is 7.98. The first-order valence-corrected chi connectivity index (χ1v) is 6.51. The standard InChI is InChI=1S/C13H23N3/c1-3-13-12(10-16(2)15-13)9-14-8-7-11-5-4-6-11/h10-11,14H,3-9H2,1-2H3. The molecule has 3 heteroatoms. The van der Waals surface area contributed by atoms with Crippen LogP contribution in [0.3, 0.4) is 0 Å². The van der Waals surface area contributed by atoms with Crippen LogP contribution in [0.2, 0.25) is 0 Å². The van der Waals surface area contributed by atoms with Gasteiger partial charge in [-0.05, 0) is 25.3 Å². The first-order valence-electron chi connectivity index (χ1n) is 6.51. The van der Waals surface area contributed by atoms with E-state index in [0.717, 1.165) is 25.4 Å². The Labute approximate surface area is 98.2 Å². The van der Waals surface area contributed by atoms with E-state index in [1.807, 2.05) is 11.7 Å². The molecule has 0 saturated heterocycles. The van der Waals surface area contributed by atoms with Gasteiger partial charge in [-0.15, -0.1) is 0 Å². The summed E-state index contributed by atoms with van der Waals surface area (Å²) in [6, 6.07) is 0. The fraction of sp³-hybridized carbons (Fsp3) is 0.769. The van der Waals surface area contributed by atoms with Crippen molar-refractivity contribution in [1.82, 2.24) is 15.1 Å². The van der Waals surface area contributed by atoms with Crippen molar-refractivity contribution in [3.05, 3.63) is 17.5 Å². The lowest BCUT2D eigenvalue weighted by Crippen LogP contribution is -2.21. The summed E-state index contributed by atoms with van der Waals surface area (Å²) in [6.45, 7) is 4.30. The topological polar surface area (TPSA) is 29.9 Å². The zero-order valence-electron chi connectivity index (χ0n) is 10.5. The van der Waals surface area contributed by atoms with E-state index in [1.54, 1.807) is 0 Å². The maximum Gasteiger partial charge on any atom is 0.0666 e. The Hall–Kier alpha value is -0.830. The molecule has 2 rings (SSSR count). The smallest absolute Gasteiger partial charge is 0.0666 e. The van der Waals surface area contributed by atoms with E-state index in [2.05, 4.69) is 23.5 Å². The molecular weight excluding hydrogens is 198 g/mol. The van der Waals surface area contributed by atoms with Gasteiger partial charge < -0.3 is 5.32 Å². The van der Waals surface area contributed by atoms with Crippen molar-refractivity contribution in [2.24, 2.45) is 13.0 Å². The molecule has 1 aromatic rings.